The van der Waals surface area contributed by atoms with Crippen molar-refractivity contribution in [3.63, 3.8) is 0 Å². The van der Waals surface area contributed by atoms with Crippen LogP contribution in [0.2, 0.25) is 0 Å². The molecule has 1 fully saturated rings. The second-order valence-corrected chi connectivity index (χ2v) is 6.39. The van der Waals surface area contributed by atoms with E-state index in [1.165, 1.54) is 41.5 Å². The molecule has 1 saturated heterocycles. The topological polar surface area (TPSA) is 29.3 Å². The van der Waals surface area contributed by atoms with Crippen molar-refractivity contribution in [2.75, 3.05) is 31.1 Å². The molecule has 2 N–H and O–H groups in total. The number of rotatable bonds is 3. The molecule has 2 rings (SSSR count). The van der Waals surface area contributed by atoms with Crippen molar-refractivity contribution in [1.29, 1.82) is 0 Å². The van der Waals surface area contributed by atoms with Crippen LogP contribution in [0, 0.1) is 6.92 Å². The normalized spacial score (nSPS) is 20.6. The van der Waals surface area contributed by atoms with E-state index in [1.54, 1.807) is 0 Å². The zero-order valence-electron chi connectivity index (χ0n) is 9.82. The predicted molar refractivity (Wildman–Crippen MR) is 74.4 cm³/mol. The van der Waals surface area contributed by atoms with E-state index in [0.29, 0.717) is 6.04 Å². The van der Waals surface area contributed by atoms with E-state index in [9.17, 15) is 0 Å². The van der Waals surface area contributed by atoms with Gasteiger partial charge in [0, 0.05) is 23.7 Å². The van der Waals surface area contributed by atoms with Gasteiger partial charge in [0.2, 0.25) is 0 Å². The van der Waals surface area contributed by atoms with Gasteiger partial charge in [0.15, 0.2) is 0 Å². The molecule has 1 aliphatic rings. The lowest BCUT2D eigenvalue weighted by Crippen LogP contribution is -2.35. The first-order chi connectivity index (χ1) is 7.83. The molecule has 16 heavy (non-hydrogen) atoms. The van der Waals surface area contributed by atoms with Crippen LogP contribution in [0.25, 0.3) is 0 Å². The SMILES string of the molecule is Cc1ccsc1C(CN)N1CCCSCC1. The highest BCUT2D eigenvalue weighted by Gasteiger charge is 2.22. The van der Waals surface area contributed by atoms with Crippen molar-refractivity contribution in [2.24, 2.45) is 5.73 Å². The number of nitrogens with two attached hydrogens (primary N) is 1. The molecule has 0 aliphatic carbocycles. The summed E-state index contributed by atoms with van der Waals surface area (Å²) in [6.07, 6.45) is 1.30. The van der Waals surface area contributed by atoms with Gasteiger partial charge in [-0.05, 0) is 42.7 Å². The van der Waals surface area contributed by atoms with Gasteiger partial charge in [-0.25, -0.2) is 0 Å². The van der Waals surface area contributed by atoms with Crippen LogP contribution in [-0.4, -0.2) is 36.0 Å². The Morgan fingerprint density at radius 1 is 1.44 bits per heavy atom. The zero-order chi connectivity index (χ0) is 11.4. The molecule has 0 saturated carbocycles. The molecule has 1 aromatic heterocycles. The zero-order valence-corrected chi connectivity index (χ0v) is 11.4. The van der Waals surface area contributed by atoms with Crippen LogP contribution in [0.5, 0.6) is 0 Å². The van der Waals surface area contributed by atoms with E-state index in [0.717, 1.165) is 6.54 Å². The van der Waals surface area contributed by atoms with Crippen molar-refractivity contribution in [1.82, 2.24) is 4.90 Å². The molecule has 90 valence electrons. The molecule has 2 heterocycles. The summed E-state index contributed by atoms with van der Waals surface area (Å²) in [5.41, 5.74) is 7.37. The van der Waals surface area contributed by atoms with Gasteiger partial charge in [0.25, 0.3) is 0 Å². The standard InChI is InChI=1S/C12H20N2S2/c1-10-3-7-16-12(10)11(9-13)14-4-2-6-15-8-5-14/h3,7,11H,2,4-6,8-9,13H2,1H3. The van der Waals surface area contributed by atoms with Gasteiger partial charge in [-0.3, -0.25) is 4.90 Å². The highest BCUT2D eigenvalue weighted by Crippen LogP contribution is 2.29. The van der Waals surface area contributed by atoms with Crippen molar-refractivity contribution in [2.45, 2.75) is 19.4 Å². The van der Waals surface area contributed by atoms with Crippen LogP contribution in [0.15, 0.2) is 11.4 Å². The van der Waals surface area contributed by atoms with Crippen molar-refractivity contribution in [3.8, 4) is 0 Å². The van der Waals surface area contributed by atoms with Gasteiger partial charge in [-0.15, -0.1) is 11.3 Å². The van der Waals surface area contributed by atoms with Crippen molar-refractivity contribution < 1.29 is 0 Å². The molecule has 0 amide bonds. The largest absolute Gasteiger partial charge is 0.329 e. The third kappa shape index (κ3) is 2.80. The van der Waals surface area contributed by atoms with Gasteiger partial charge in [0.1, 0.15) is 0 Å². The summed E-state index contributed by atoms with van der Waals surface area (Å²) in [5.74, 6) is 2.55. The minimum Gasteiger partial charge on any atom is -0.329 e. The highest BCUT2D eigenvalue weighted by atomic mass is 32.2. The molecular formula is C12H20N2S2. The summed E-state index contributed by atoms with van der Waals surface area (Å²) in [7, 11) is 0. The molecule has 1 aromatic rings. The quantitative estimate of drug-likeness (QED) is 0.901. The van der Waals surface area contributed by atoms with Crippen LogP contribution in [0.4, 0.5) is 0 Å². The van der Waals surface area contributed by atoms with Crippen LogP contribution in [-0.2, 0) is 0 Å². The first-order valence-corrected chi connectivity index (χ1v) is 7.92. The number of aryl methyl sites for hydroxylation is 1. The van der Waals surface area contributed by atoms with Crippen LogP contribution in [0.3, 0.4) is 0 Å². The smallest absolute Gasteiger partial charge is 0.0567 e. The molecule has 2 nitrogen and oxygen atoms in total. The van der Waals surface area contributed by atoms with Crippen LogP contribution in [0.1, 0.15) is 22.9 Å². The number of hydrogen-bond acceptors (Lipinski definition) is 4. The fourth-order valence-electron chi connectivity index (χ4n) is 2.22. The van der Waals surface area contributed by atoms with Crippen molar-refractivity contribution >= 4 is 23.1 Å². The van der Waals surface area contributed by atoms with E-state index in [1.807, 2.05) is 11.3 Å². The number of thiophene rings is 1. The lowest BCUT2D eigenvalue weighted by atomic mass is 10.1. The van der Waals surface area contributed by atoms with Crippen LogP contribution < -0.4 is 5.73 Å². The summed E-state index contributed by atoms with van der Waals surface area (Å²) in [5, 5.41) is 2.18. The molecule has 0 bridgehead atoms. The maximum atomic E-state index is 5.97. The Kier molecular flexibility index (Phi) is 4.70. The Morgan fingerprint density at radius 3 is 3.00 bits per heavy atom. The summed E-state index contributed by atoms with van der Waals surface area (Å²) in [4.78, 5) is 4.04. The lowest BCUT2D eigenvalue weighted by molar-refractivity contribution is 0.220. The second-order valence-electron chi connectivity index (χ2n) is 4.22. The molecule has 1 atom stereocenters. The summed E-state index contributed by atoms with van der Waals surface area (Å²) in [6, 6.07) is 2.65. The molecule has 1 aliphatic heterocycles. The predicted octanol–water partition coefficient (Wildman–Crippen LogP) is 2.50. The van der Waals surface area contributed by atoms with Gasteiger partial charge in [-0.1, -0.05) is 0 Å². The number of hydrogen-bond donors (Lipinski definition) is 1. The number of nitrogens with zero attached hydrogens (tertiary/aromatic N) is 1. The fourth-order valence-corrected chi connectivity index (χ4v) is 4.20. The van der Waals surface area contributed by atoms with Crippen molar-refractivity contribution in [3.05, 3.63) is 21.9 Å². The summed E-state index contributed by atoms with van der Waals surface area (Å²) < 4.78 is 0. The molecule has 4 heteroatoms. The highest BCUT2D eigenvalue weighted by molar-refractivity contribution is 7.99. The Bertz CT molecular complexity index is 317. The first-order valence-electron chi connectivity index (χ1n) is 5.89. The van der Waals surface area contributed by atoms with Gasteiger partial charge < -0.3 is 5.73 Å². The average Bonchev–Trinajstić information content (AvgIpc) is 2.57. The Morgan fingerprint density at radius 2 is 2.31 bits per heavy atom. The van der Waals surface area contributed by atoms with E-state index in [-0.39, 0.29) is 0 Å². The molecular weight excluding hydrogens is 236 g/mol. The third-order valence-corrected chi connectivity index (χ3v) is 5.29. The summed E-state index contributed by atoms with van der Waals surface area (Å²) in [6.45, 7) is 5.32. The van der Waals surface area contributed by atoms with Gasteiger partial charge in [0.05, 0.1) is 6.04 Å². The summed E-state index contributed by atoms with van der Waals surface area (Å²) >= 11 is 3.92. The molecule has 0 spiro atoms. The Labute approximate surface area is 106 Å². The van der Waals surface area contributed by atoms with E-state index < -0.39 is 0 Å². The first kappa shape index (κ1) is 12.4. The van der Waals surface area contributed by atoms with E-state index in [2.05, 4.69) is 35.0 Å². The molecule has 0 aromatic carbocycles. The Hall–Kier alpha value is -0.0300. The van der Waals surface area contributed by atoms with Crippen LogP contribution >= 0.6 is 23.1 Å². The minimum atomic E-state index is 0.443. The maximum Gasteiger partial charge on any atom is 0.0567 e. The minimum absolute atomic E-state index is 0.443. The van der Waals surface area contributed by atoms with E-state index >= 15 is 0 Å². The lowest BCUT2D eigenvalue weighted by Gasteiger charge is -2.29. The van der Waals surface area contributed by atoms with Gasteiger partial charge in [-0.2, -0.15) is 11.8 Å². The third-order valence-electron chi connectivity index (χ3n) is 3.13. The monoisotopic (exact) mass is 256 g/mol. The number of thioether (sulfide) groups is 1. The second kappa shape index (κ2) is 6.05. The maximum absolute atomic E-state index is 5.97. The van der Waals surface area contributed by atoms with Gasteiger partial charge >= 0.3 is 0 Å². The Balaban J connectivity index is 2.12. The van der Waals surface area contributed by atoms with E-state index in [4.69, 9.17) is 5.73 Å². The average molecular weight is 256 g/mol. The fraction of sp³-hybridized carbons (Fsp3) is 0.667. The molecule has 0 radical (unpaired) electrons. The molecule has 1 unspecified atom stereocenters.